The molecule has 2 aromatic rings. The summed E-state index contributed by atoms with van der Waals surface area (Å²) in [6.45, 7) is 2.89. The summed E-state index contributed by atoms with van der Waals surface area (Å²) in [5.41, 5.74) is 4.15. The number of rotatable bonds is 5. The number of pyridine rings is 1. The largest absolute Gasteiger partial charge is 0.352 e. The number of sulfonamides is 1. The predicted octanol–water partition coefficient (Wildman–Crippen LogP) is 1.68. The van der Waals surface area contributed by atoms with Crippen LogP contribution in [0.2, 0.25) is 0 Å². The van der Waals surface area contributed by atoms with Gasteiger partial charge in [-0.25, -0.2) is 8.42 Å². The van der Waals surface area contributed by atoms with E-state index in [0.29, 0.717) is 37.2 Å². The monoisotopic (exact) mass is 359 g/mol. The predicted molar refractivity (Wildman–Crippen MR) is 97.3 cm³/mol. The van der Waals surface area contributed by atoms with E-state index in [2.05, 4.69) is 10.3 Å². The fourth-order valence-electron chi connectivity index (χ4n) is 2.93. The number of aryl methyl sites for hydroxylation is 1. The number of hydrogen-bond acceptors (Lipinski definition) is 4. The Hall–Kier alpha value is -2.41. The summed E-state index contributed by atoms with van der Waals surface area (Å²) in [6.07, 6.45) is 4.35. The number of nitrogens with zero attached hydrogens (tertiary/aromatic N) is 2. The van der Waals surface area contributed by atoms with Crippen molar-refractivity contribution in [2.75, 3.05) is 23.7 Å². The van der Waals surface area contributed by atoms with E-state index in [9.17, 15) is 13.2 Å². The van der Waals surface area contributed by atoms with Crippen LogP contribution in [0.5, 0.6) is 0 Å². The van der Waals surface area contributed by atoms with Gasteiger partial charge in [0.2, 0.25) is 10.0 Å². The van der Waals surface area contributed by atoms with Gasteiger partial charge in [0, 0.05) is 30.5 Å². The number of nitrogens with one attached hydrogen (secondary N) is 1. The summed E-state index contributed by atoms with van der Waals surface area (Å²) in [6, 6.07) is 9.12. The molecule has 1 aliphatic rings. The number of carbonyl (C=O) groups is 1. The van der Waals surface area contributed by atoms with Gasteiger partial charge in [-0.05, 0) is 55.2 Å². The highest BCUT2D eigenvalue weighted by atomic mass is 32.2. The lowest BCUT2D eigenvalue weighted by Gasteiger charge is -2.16. The first-order valence-electron chi connectivity index (χ1n) is 8.15. The van der Waals surface area contributed by atoms with Gasteiger partial charge in [-0.2, -0.15) is 0 Å². The molecule has 1 aliphatic heterocycles. The Labute approximate surface area is 147 Å². The van der Waals surface area contributed by atoms with Crippen LogP contribution in [0.15, 0.2) is 36.5 Å². The van der Waals surface area contributed by atoms with Gasteiger partial charge in [0.15, 0.2) is 0 Å². The molecule has 0 aliphatic carbocycles. The zero-order valence-electron chi connectivity index (χ0n) is 14.3. The maximum Gasteiger partial charge on any atom is 0.251 e. The Balaban J connectivity index is 1.63. The number of benzene rings is 1. The molecule has 1 amide bonds. The van der Waals surface area contributed by atoms with Crippen LogP contribution in [-0.4, -0.2) is 38.7 Å². The smallest absolute Gasteiger partial charge is 0.251 e. The molecule has 6 nitrogen and oxygen atoms in total. The average Bonchev–Trinajstić information content (AvgIpc) is 3.00. The number of fused-ring (bicyclic) bond motifs is 1. The first kappa shape index (κ1) is 17.4. The van der Waals surface area contributed by atoms with E-state index in [0.717, 1.165) is 16.8 Å². The second-order valence-electron chi connectivity index (χ2n) is 6.24. The van der Waals surface area contributed by atoms with E-state index in [4.69, 9.17) is 0 Å². The van der Waals surface area contributed by atoms with Crippen molar-refractivity contribution in [3.05, 3.63) is 58.9 Å². The second-order valence-corrected chi connectivity index (χ2v) is 8.15. The van der Waals surface area contributed by atoms with Gasteiger partial charge in [0.25, 0.3) is 5.91 Å². The van der Waals surface area contributed by atoms with E-state index in [1.807, 2.05) is 25.3 Å². The first-order valence-corrected chi connectivity index (χ1v) is 10.00. The molecule has 0 bridgehead atoms. The van der Waals surface area contributed by atoms with Gasteiger partial charge in [-0.1, -0.05) is 6.07 Å². The number of aromatic nitrogens is 1. The van der Waals surface area contributed by atoms with Crippen molar-refractivity contribution in [1.29, 1.82) is 0 Å². The minimum Gasteiger partial charge on any atom is -0.352 e. The molecule has 1 aromatic carbocycles. The molecule has 0 radical (unpaired) electrons. The molecule has 0 saturated heterocycles. The quantitative estimate of drug-likeness (QED) is 0.881. The zero-order chi connectivity index (χ0) is 18.0. The summed E-state index contributed by atoms with van der Waals surface area (Å²) in [7, 11) is -3.27. The lowest BCUT2D eigenvalue weighted by atomic mass is 10.1. The Morgan fingerprint density at radius 1 is 1.28 bits per heavy atom. The summed E-state index contributed by atoms with van der Waals surface area (Å²) < 4.78 is 24.9. The van der Waals surface area contributed by atoms with Crippen LogP contribution in [0.25, 0.3) is 0 Å². The number of carbonyl (C=O) groups excluding carboxylic acids is 1. The van der Waals surface area contributed by atoms with Crippen molar-refractivity contribution in [1.82, 2.24) is 10.3 Å². The molecule has 0 atom stereocenters. The molecule has 2 heterocycles. The van der Waals surface area contributed by atoms with Crippen molar-refractivity contribution in [3.8, 4) is 0 Å². The third-order valence-corrected chi connectivity index (χ3v) is 5.45. The Morgan fingerprint density at radius 3 is 2.76 bits per heavy atom. The summed E-state index contributed by atoms with van der Waals surface area (Å²) >= 11 is 0. The molecule has 1 aromatic heterocycles. The van der Waals surface area contributed by atoms with E-state index < -0.39 is 10.0 Å². The van der Waals surface area contributed by atoms with E-state index in [1.165, 1.54) is 10.6 Å². The summed E-state index contributed by atoms with van der Waals surface area (Å²) in [5.74, 6) is -0.152. The van der Waals surface area contributed by atoms with Crippen LogP contribution >= 0.6 is 0 Å². The molecule has 7 heteroatoms. The second kappa shape index (κ2) is 6.84. The molecule has 0 fully saturated rings. The number of amides is 1. The Kier molecular flexibility index (Phi) is 4.76. The van der Waals surface area contributed by atoms with E-state index >= 15 is 0 Å². The topological polar surface area (TPSA) is 79.4 Å². The highest BCUT2D eigenvalue weighted by molar-refractivity contribution is 7.92. The fourth-order valence-corrected chi connectivity index (χ4v) is 3.88. The van der Waals surface area contributed by atoms with Gasteiger partial charge >= 0.3 is 0 Å². The Bertz CT molecular complexity index is 892. The average molecular weight is 359 g/mol. The molecule has 25 heavy (non-hydrogen) atoms. The molecule has 3 rings (SSSR count). The molecular formula is C18H21N3O3S. The summed E-state index contributed by atoms with van der Waals surface area (Å²) in [5, 5.41) is 2.90. The van der Waals surface area contributed by atoms with Crippen molar-refractivity contribution in [3.63, 3.8) is 0 Å². The fraction of sp³-hybridized carbons (Fsp3) is 0.333. The van der Waals surface area contributed by atoms with E-state index in [1.54, 1.807) is 18.2 Å². The molecule has 0 spiro atoms. The highest BCUT2D eigenvalue weighted by Crippen LogP contribution is 2.30. The molecular weight excluding hydrogens is 338 g/mol. The van der Waals surface area contributed by atoms with Crippen LogP contribution in [0.1, 0.15) is 27.2 Å². The zero-order valence-corrected chi connectivity index (χ0v) is 15.1. The lowest BCUT2D eigenvalue weighted by Crippen LogP contribution is -2.27. The third-order valence-electron chi connectivity index (χ3n) is 4.27. The van der Waals surface area contributed by atoms with Crippen LogP contribution in [0, 0.1) is 6.92 Å². The molecule has 132 valence electrons. The van der Waals surface area contributed by atoms with Gasteiger partial charge in [-0.3, -0.25) is 14.1 Å². The maximum atomic E-state index is 12.3. The minimum absolute atomic E-state index is 0.152. The first-order chi connectivity index (χ1) is 11.8. The van der Waals surface area contributed by atoms with Gasteiger partial charge in [0.1, 0.15) is 0 Å². The van der Waals surface area contributed by atoms with Crippen LogP contribution in [0.3, 0.4) is 0 Å². The van der Waals surface area contributed by atoms with Crippen LogP contribution in [-0.2, 0) is 22.9 Å². The van der Waals surface area contributed by atoms with Gasteiger partial charge in [-0.15, -0.1) is 0 Å². The summed E-state index contributed by atoms with van der Waals surface area (Å²) in [4.78, 5) is 16.5. The normalized spacial score (nSPS) is 13.6. The standard InChI is InChI=1S/C18H21N3O3S/c1-13-3-4-14(12-20-13)7-9-19-18(22)16-5-6-17-15(11-16)8-10-21(17)25(2,23)24/h3-6,11-12H,7-10H2,1-2H3,(H,19,22). The van der Waals surface area contributed by atoms with Gasteiger partial charge < -0.3 is 5.32 Å². The van der Waals surface area contributed by atoms with Crippen molar-refractivity contribution in [2.45, 2.75) is 19.8 Å². The number of anilines is 1. The van der Waals surface area contributed by atoms with E-state index in [-0.39, 0.29) is 5.91 Å². The molecule has 1 N–H and O–H groups in total. The highest BCUT2D eigenvalue weighted by Gasteiger charge is 2.26. The van der Waals surface area contributed by atoms with Gasteiger partial charge in [0.05, 0.1) is 11.9 Å². The number of hydrogen-bond donors (Lipinski definition) is 1. The van der Waals surface area contributed by atoms with Crippen LogP contribution < -0.4 is 9.62 Å². The molecule has 0 saturated carbocycles. The Morgan fingerprint density at radius 2 is 2.08 bits per heavy atom. The molecule has 0 unspecified atom stereocenters. The lowest BCUT2D eigenvalue weighted by molar-refractivity contribution is 0.0954. The van der Waals surface area contributed by atoms with Crippen LogP contribution in [0.4, 0.5) is 5.69 Å². The van der Waals surface area contributed by atoms with Crippen molar-refractivity contribution >= 4 is 21.6 Å². The van der Waals surface area contributed by atoms with Crippen molar-refractivity contribution in [2.24, 2.45) is 0 Å². The third kappa shape index (κ3) is 3.99. The van der Waals surface area contributed by atoms with Crippen molar-refractivity contribution < 1.29 is 13.2 Å². The minimum atomic E-state index is -3.27. The SMILES string of the molecule is Cc1ccc(CCNC(=O)c2ccc3c(c2)CCN3S(C)(=O)=O)cn1. The maximum absolute atomic E-state index is 12.3.